The van der Waals surface area contributed by atoms with Gasteiger partial charge in [0.25, 0.3) is 0 Å². The lowest BCUT2D eigenvalue weighted by Crippen LogP contribution is -2.48. The largest absolute Gasteiger partial charge is 0.379 e. The van der Waals surface area contributed by atoms with E-state index in [9.17, 15) is 0 Å². The van der Waals surface area contributed by atoms with Crippen LogP contribution in [0.25, 0.3) is 0 Å². The molecule has 0 spiro atoms. The van der Waals surface area contributed by atoms with Crippen molar-refractivity contribution in [3.05, 3.63) is 0 Å². The summed E-state index contributed by atoms with van der Waals surface area (Å²) in [6.45, 7) is 11.2. The van der Waals surface area contributed by atoms with E-state index in [0.29, 0.717) is 12.0 Å². The molecule has 0 aromatic rings. The fourth-order valence-corrected chi connectivity index (χ4v) is 3.07. The summed E-state index contributed by atoms with van der Waals surface area (Å²) in [6, 6.07) is 0.474. The van der Waals surface area contributed by atoms with Gasteiger partial charge in [-0.2, -0.15) is 0 Å². The molecule has 2 aliphatic rings. The van der Waals surface area contributed by atoms with Crippen LogP contribution in [0.1, 0.15) is 33.1 Å². The lowest BCUT2D eigenvalue weighted by molar-refractivity contribution is 0.00863. The minimum atomic E-state index is 0.474. The number of aliphatic imine (C=N–C) groups is 1. The normalized spacial score (nSPS) is 24.1. The fourth-order valence-electron chi connectivity index (χ4n) is 3.07. The van der Waals surface area contributed by atoms with E-state index in [-0.39, 0.29) is 0 Å². The van der Waals surface area contributed by atoms with Gasteiger partial charge in [0.2, 0.25) is 0 Å². The molecule has 0 bridgehead atoms. The van der Waals surface area contributed by atoms with E-state index in [2.05, 4.69) is 28.6 Å². The maximum atomic E-state index is 6.16. The summed E-state index contributed by atoms with van der Waals surface area (Å²) in [5.74, 6) is 1.33. The monoisotopic (exact) mass is 282 g/mol. The smallest absolute Gasteiger partial charge is 0.191 e. The lowest BCUT2D eigenvalue weighted by atomic mass is 10.0. The van der Waals surface area contributed by atoms with Crippen molar-refractivity contribution in [3.63, 3.8) is 0 Å². The SMILES string of the molecule is CC(C)C(CN=C(N)N1CCCCC1)N1CCOCC1. The molecule has 0 aliphatic carbocycles. The number of nitrogens with two attached hydrogens (primary N) is 1. The zero-order valence-corrected chi connectivity index (χ0v) is 13.1. The van der Waals surface area contributed by atoms with E-state index in [1.807, 2.05) is 0 Å². The van der Waals surface area contributed by atoms with E-state index in [1.165, 1.54) is 19.3 Å². The first-order chi connectivity index (χ1) is 9.68. The van der Waals surface area contributed by atoms with Gasteiger partial charge in [-0.15, -0.1) is 0 Å². The number of hydrogen-bond donors (Lipinski definition) is 1. The number of rotatable bonds is 4. The number of hydrogen-bond acceptors (Lipinski definition) is 3. The predicted octanol–water partition coefficient (Wildman–Crippen LogP) is 1.14. The highest BCUT2D eigenvalue weighted by molar-refractivity contribution is 5.78. The van der Waals surface area contributed by atoms with Crippen molar-refractivity contribution >= 4 is 5.96 Å². The number of likely N-dealkylation sites (tertiary alicyclic amines) is 1. The van der Waals surface area contributed by atoms with Crippen LogP contribution in [0.5, 0.6) is 0 Å². The Morgan fingerprint density at radius 3 is 2.35 bits per heavy atom. The third kappa shape index (κ3) is 4.35. The van der Waals surface area contributed by atoms with Crippen LogP contribution in [0.2, 0.25) is 0 Å². The molecule has 2 saturated heterocycles. The Morgan fingerprint density at radius 2 is 1.75 bits per heavy atom. The molecule has 0 aromatic carbocycles. The average Bonchev–Trinajstić information content (AvgIpc) is 2.49. The lowest BCUT2D eigenvalue weighted by Gasteiger charge is -2.36. The van der Waals surface area contributed by atoms with E-state index < -0.39 is 0 Å². The summed E-state index contributed by atoms with van der Waals surface area (Å²) < 4.78 is 5.44. The Labute approximate surface area is 123 Å². The van der Waals surface area contributed by atoms with Crippen molar-refractivity contribution in [2.24, 2.45) is 16.6 Å². The van der Waals surface area contributed by atoms with Gasteiger partial charge in [-0.3, -0.25) is 9.89 Å². The molecule has 2 heterocycles. The Morgan fingerprint density at radius 1 is 1.10 bits per heavy atom. The Balaban J connectivity index is 1.89. The van der Waals surface area contributed by atoms with Gasteiger partial charge >= 0.3 is 0 Å². The second kappa shape index (κ2) is 7.84. The molecule has 116 valence electrons. The van der Waals surface area contributed by atoms with Crippen LogP contribution in [0.3, 0.4) is 0 Å². The average molecular weight is 282 g/mol. The van der Waals surface area contributed by atoms with Gasteiger partial charge in [0.15, 0.2) is 5.96 Å². The molecule has 0 saturated carbocycles. The van der Waals surface area contributed by atoms with Gasteiger partial charge in [0, 0.05) is 32.2 Å². The van der Waals surface area contributed by atoms with Crippen molar-refractivity contribution in [2.45, 2.75) is 39.2 Å². The number of guanidine groups is 1. The quantitative estimate of drug-likeness (QED) is 0.621. The topological polar surface area (TPSA) is 54.1 Å². The molecule has 1 unspecified atom stereocenters. The van der Waals surface area contributed by atoms with Crippen LogP contribution in [-0.4, -0.2) is 67.7 Å². The second-order valence-electron chi connectivity index (χ2n) is 6.21. The molecule has 2 aliphatic heterocycles. The first kappa shape index (κ1) is 15.6. The van der Waals surface area contributed by atoms with E-state index in [4.69, 9.17) is 10.5 Å². The molecule has 0 aromatic heterocycles. The van der Waals surface area contributed by atoms with Crippen LogP contribution in [0.4, 0.5) is 0 Å². The highest BCUT2D eigenvalue weighted by Crippen LogP contribution is 2.14. The molecule has 20 heavy (non-hydrogen) atoms. The summed E-state index contributed by atoms with van der Waals surface area (Å²) in [4.78, 5) is 9.42. The molecular weight excluding hydrogens is 252 g/mol. The maximum Gasteiger partial charge on any atom is 0.191 e. The zero-order valence-electron chi connectivity index (χ0n) is 13.1. The van der Waals surface area contributed by atoms with Crippen molar-refractivity contribution in [1.29, 1.82) is 0 Å². The third-order valence-corrected chi connectivity index (χ3v) is 4.40. The Kier molecular flexibility index (Phi) is 6.10. The molecule has 1 atom stereocenters. The molecular formula is C15H30N4O. The Bertz CT molecular complexity index is 307. The molecule has 0 amide bonds. The minimum absolute atomic E-state index is 0.474. The van der Waals surface area contributed by atoms with Crippen LogP contribution in [0.15, 0.2) is 4.99 Å². The van der Waals surface area contributed by atoms with Crippen molar-refractivity contribution in [1.82, 2.24) is 9.80 Å². The number of nitrogens with zero attached hydrogens (tertiary/aromatic N) is 3. The first-order valence-corrected chi connectivity index (χ1v) is 8.05. The van der Waals surface area contributed by atoms with Crippen LogP contribution in [-0.2, 0) is 4.74 Å². The summed E-state index contributed by atoms with van der Waals surface area (Å²) in [5.41, 5.74) is 6.16. The summed E-state index contributed by atoms with van der Waals surface area (Å²) in [5, 5.41) is 0. The van der Waals surface area contributed by atoms with Crippen molar-refractivity contribution < 1.29 is 4.74 Å². The van der Waals surface area contributed by atoms with Gasteiger partial charge < -0.3 is 15.4 Å². The molecule has 0 radical (unpaired) electrons. The molecule has 2 N–H and O–H groups in total. The van der Waals surface area contributed by atoms with Gasteiger partial charge in [0.1, 0.15) is 0 Å². The minimum Gasteiger partial charge on any atom is -0.379 e. The van der Waals surface area contributed by atoms with Gasteiger partial charge in [-0.1, -0.05) is 13.8 Å². The summed E-state index contributed by atoms with van der Waals surface area (Å²) >= 11 is 0. The fraction of sp³-hybridized carbons (Fsp3) is 0.933. The van der Waals surface area contributed by atoms with E-state index in [0.717, 1.165) is 51.9 Å². The summed E-state index contributed by atoms with van der Waals surface area (Å²) in [6.07, 6.45) is 3.81. The van der Waals surface area contributed by atoms with Crippen molar-refractivity contribution in [2.75, 3.05) is 45.9 Å². The predicted molar refractivity (Wildman–Crippen MR) is 82.9 cm³/mol. The van der Waals surface area contributed by atoms with Gasteiger partial charge in [-0.25, -0.2) is 0 Å². The van der Waals surface area contributed by atoms with Gasteiger partial charge in [0.05, 0.1) is 19.8 Å². The van der Waals surface area contributed by atoms with Crippen LogP contribution in [0, 0.1) is 5.92 Å². The molecule has 2 fully saturated rings. The van der Waals surface area contributed by atoms with E-state index >= 15 is 0 Å². The highest BCUT2D eigenvalue weighted by Gasteiger charge is 2.24. The molecule has 2 rings (SSSR count). The maximum absolute atomic E-state index is 6.16. The van der Waals surface area contributed by atoms with Crippen molar-refractivity contribution in [3.8, 4) is 0 Å². The molecule has 5 nitrogen and oxygen atoms in total. The number of piperidine rings is 1. The number of morpholine rings is 1. The summed E-state index contributed by atoms with van der Waals surface area (Å²) in [7, 11) is 0. The zero-order chi connectivity index (χ0) is 14.4. The first-order valence-electron chi connectivity index (χ1n) is 8.05. The van der Waals surface area contributed by atoms with Gasteiger partial charge in [-0.05, 0) is 25.2 Å². The second-order valence-corrected chi connectivity index (χ2v) is 6.21. The number of ether oxygens (including phenoxy) is 1. The third-order valence-electron chi connectivity index (χ3n) is 4.40. The van der Waals surface area contributed by atoms with E-state index in [1.54, 1.807) is 0 Å². The highest BCUT2D eigenvalue weighted by atomic mass is 16.5. The molecule has 5 heteroatoms. The standard InChI is InChI=1S/C15H30N4O/c1-13(2)14(18-8-10-20-11-9-18)12-17-15(16)19-6-4-3-5-7-19/h13-14H,3-12H2,1-2H3,(H2,16,17). The van der Waals surface area contributed by atoms with Crippen LogP contribution >= 0.6 is 0 Å². The Hall–Kier alpha value is -0.810. The van der Waals surface area contributed by atoms with Crippen LogP contribution < -0.4 is 5.73 Å².